The Kier molecular flexibility index (Phi) is 3.92. The second-order valence-electron chi connectivity index (χ2n) is 6.94. The van der Waals surface area contributed by atoms with Crippen molar-refractivity contribution >= 4 is 22.7 Å². The number of carbonyl (C=O) groups is 2. The fourth-order valence-corrected chi connectivity index (χ4v) is 3.77. The lowest BCUT2D eigenvalue weighted by Crippen LogP contribution is -2.68. The van der Waals surface area contributed by atoms with Crippen molar-refractivity contribution in [3.05, 3.63) is 42.1 Å². The van der Waals surface area contributed by atoms with Gasteiger partial charge in [-0.15, -0.1) is 0 Å². The minimum atomic E-state index is -0.358. The van der Waals surface area contributed by atoms with Gasteiger partial charge in [-0.25, -0.2) is 0 Å². The number of nitrogens with zero attached hydrogens (tertiary/aromatic N) is 4. The summed E-state index contributed by atoms with van der Waals surface area (Å²) in [5, 5.41) is 1.12. The van der Waals surface area contributed by atoms with Crippen LogP contribution in [0.2, 0.25) is 0 Å². The first-order valence-corrected chi connectivity index (χ1v) is 8.68. The molecular weight excluding hydrogens is 316 g/mol. The first-order chi connectivity index (χ1) is 12.0. The Bertz CT molecular complexity index is 837. The van der Waals surface area contributed by atoms with Gasteiger partial charge in [0.2, 0.25) is 11.8 Å². The quantitative estimate of drug-likeness (QED) is 0.823. The van der Waals surface area contributed by atoms with Crippen molar-refractivity contribution < 1.29 is 9.59 Å². The third-order valence-corrected chi connectivity index (χ3v) is 5.39. The normalized spacial score (nSPS) is 24.7. The number of aromatic nitrogens is 1. The number of piperazine rings is 2. The summed E-state index contributed by atoms with van der Waals surface area (Å²) in [6.45, 7) is 4.56. The number of likely N-dealkylation sites (N-methyl/N-ethyl adjacent to an activating group) is 1. The zero-order chi connectivity index (χ0) is 17.6. The van der Waals surface area contributed by atoms with E-state index in [-0.39, 0.29) is 23.9 Å². The van der Waals surface area contributed by atoms with Gasteiger partial charge in [0.15, 0.2) is 0 Å². The minimum absolute atomic E-state index is 0.0412. The number of amides is 2. The average Bonchev–Trinajstić information content (AvgIpc) is 2.64. The van der Waals surface area contributed by atoms with E-state index in [2.05, 4.69) is 28.1 Å². The van der Waals surface area contributed by atoms with Gasteiger partial charge in [-0.1, -0.05) is 12.1 Å². The number of rotatable bonds is 2. The first kappa shape index (κ1) is 16.0. The standard InChI is InChI=1S/C19H22N4O2/c1-13-18(24)23-9-8-22(12-17(23)19(25)21(13)2)11-14-5-6-16-15(10-14)4-3-7-20-16/h3-7,10,13,17H,8-9,11-12H2,1-2H3/t13-,17+/m0/s1. The highest BCUT2D eigenvalue weighted by atomic mass is 16.2. The summed E-state index contributed by atoms with van der Waals surface area (Å²) < 4.78 is 0. The molecule has 0 N–H and O–H groups in total. The molecule has 25 heavy (non-hydrogen) atoms. The Morgan fingerprint density at radius 2 is 2.00 bits per heavy atom. The zero-order valence-corrected chi connectivity index (χ0v) is 14.6. The van der Waals surface area contributed by atoms with Crippen molar-refractivity contribution in [1.29, 1.82) is 0 Å². The maximum absolute atomic E-state index is 12.6. The van der Waals surface area contributed by atoms with Gasteiger partial charge in [0.25, 0.3) is 0 Å². The van der Waals surface area contributed by atoms with Crippen molar-refractivity contribution in [3.8, 4) is 0 Å². The van der Waals surface area contributed by atoms with Gasteiger partial charge in [0, 0.05) is 44.8 Å². The van der Waals surface area contributed by atoms with Crippen LogP contribution in [0, 0.1) is 0 Å². The lowest BCUT2D eigenvalue weighted by Gasteiger charge is -2.47. The summed E-state index contributed by atoms with van der Waals surface area (Å²) in [6, 6.07) is 9.55. The summed E-state index contributed by atoms with van der Waals surface area (Å²) in [5.41, 5.74) is 2.19. The van der Waals surface area contributed by atoms with Gasteiger partial charge in [-0.3, -0.25) is 19.5 Å². The minimum Gasteiger partial charge on any atom is -0.332 e. The van der Waals surface area contributed by atoms with Crippen molar-refractivity contribution in [2.24, 2.45) is 0 Å². The number of hydrogen-bond acceptors (Lipinski definition) is 4. The molecular formula is C19H22N4O2. The highest BCUT2D eigenvalue weighted by Gasteiger charge is 2.44. The van der Waals surface area contributed by atoms with Crippen LogP contribution in [0.1, 0.15) is 12.5 Å². The molecule has 0 unspecified atom stereocenters. The second-order valence-corrected chi connectivity index (χ2v) is 6.94. The molecule has 130 valence electrons. The molecule has 2 aromatic rings. The van der Waals surface area contributed by atoms with Crippen LogP contribution in [0.25, 0.3) is 10.9 Å². The Morgan fingerprint density at radius 3 is 2.84 bits per heavy atom. The SMILES string of the molecule is C[C@H]1C(=O)N2CCN(Cc3ccc4ncccc4c3)C[C@@H]2C(=O)N1C. The fourth-order valence-electron chi connectivity index (χ4n) is 3.77. The Morgan fingerprint density at radius 1 is 1.16 bits per heavy atom. The molecule has 2 saturated heterocycles. The Labute approximate surface area is 147 Å². The van der Waals surface area contributed by atoms with E-state index in [4.69, 9.17) is 0 Å². The highest BCUT2D eigenvalue weighted by Crippen LogP contribution is 2.22. The van der Waals surface area contributed by atoms with Gasteiger partial charge >= 0.3 is 0 Å². The van der Waals surface area contributed by atoms with E-state index in [1.165, 1.54) is 5.56 Å². The van der Waals surface area contributed by atoms with Gasteiger partial charge in [-0.05, 0) is 30.7 Å². The molecule has 1 aromatic heterocycles. The molecule has 6 heteroatoms. The summed E-state index contributed by atoms with van der Waals surface area (Å²) >= 11 is 0. The highest BCUT2D eigenvalue weighted by molar-refractivity contribution is 5.97. The Balaban J connectivity index is 1.51. The second kappa shape index (κ2) is 6.11. The number of benzene rings is 1. The first-order valence-electron chi connectivity index (χ1n) is 8.68. The molecule has 0 spiro atoms. The van der Waals surface area contributed by atoms with Gasteiger partial charge in [0.1, 0.15) is 12.1 Å². The van der Waals surface area contributed by atoms with Crippen LogP contribution in [0.5, 0.6) is 0 Å². The van der Waals surface area contributed by atoms with E-state index in [0.717, 1.165) is 24.0 Å². The zero-order valence-electron chi connectivity index (χ0n) is 14.6. The molecule has 2 aliphatic heterocycles. The van der Waals surface area contributed by atoms with E-state index in [1.54, 1.807) is 30.0 Å². The molecule has 0 aliphatic carbocycles. The third kappa shape index (κ3) is 2.76. The predicted molar refractivity (Wildman–Crippen MR) is 94.8 cm³/mol. The maximum Gasteiger partial charge on any atom is 0.247 e. The molecule has 0 bridgehead atoms. The van der Waals surface area contributed by atoms with Gasteiger partial charge in [-0.2, -0.15) is 0 Å². The fraction of sp³-hybridized carbons (Fsp3) is 0.421. The molecule has 2 amide bonds. The van der Waals surface area contributed by atoms with E-state index in [1.807, 2.05) is 12.1 Å². The summed E-state index contributed by atoms with van der Waals surface area (Å²) in [6.07, 6.45) is 1.80. The van der Waals surface area contributed by atoms with Crippen LogP contribution in [-0.2, 0) is 16.1 Å². The lowest BCUT2D eigenvalue weighted by atomic mass is 10.0. The van der Waals surface area contributed by atoms with Gasteiger partial charge < -0.3 is 9.80 Å². The number of fused-ring (bicyclic) bond motifs is 2. The van der Waals surface area contributed by atoms with Crippen molar-refractivity contribution in [2.45, 2.75) is 25.6 Å². The molecule has 2 fully saturated rings. The summed E-state index contributed by atoms with van der Waals surface area (Å²) in [5.74, 6) is 0.100. The van der Waals surface area contributed by atoms with Crippen molar-refractivity contribution in [2.75, 3.05) is 26.7 Å². The van der Waals surface area contributed by atoms with E-state index >= 15 is 0 Å². The summed E-state index contributed by atoms with van der Waals surface area (Å²) in [7, 11) is 1.72. The van der Waals surface area contributed by atoms with E-state index < -0.39 is 0 Å². The molecule has 1 aromatic carbocycles. The number of pyridine rings is 1. The van der Waals surface area contributed by atoms with Crippen LogP contribution in [0.4, 0.5) is 0 Å². The number of hydrogen-bond donors (Lipinski definition) is 0. The lowest BCUT2D eigenvalue weighted by molar-refractivity contribution is -0.163. The molecule has 2 aliphatic rings. The van der Waals surface area contributed by atoms with Crippen LogP contribution in [0.3, 0.4) is 0 Å². The van der Waals surface area contributed by atoms with Crippen LogP contribution >= 0.6 is 0 Å². The molecule has 2 atom stereocenters. The predicted octanol–water partition coefficient (Wildman–Crippen LogP) is 1.11. The van der Waals surface area contributed by atoms with Crippen LogP contribution < -0.4 is 0 Å². The summed E-state index contributed by atoms with van der Waals surface area (Å²) in [4.78, 5) is 35.0. The average molecular weight is 338 g/mol. The molecule has 0 saturated carbocycles. The number of carbonyl (C=O) groups excluding carboxylic acids is 2. The molecule has 0 radical (unpaired) electrons. The monoisotopic (exact) mass is 338 g/mol. The van der Waals surface area contributed by atoms with Crippen LogP contribution in [-0.4, -0.2) is 70.3 Å². The molecule has 4 rings (SSSR count). The van der Waals surface area contributed by atoms with Gasteiger partial charge in [0.05, 0.1) is 5.52 Å². The topological polar surface area (TPSA) is 56.8 Å². The largest absolute Gasteiger partial charge is 0.332 e. The molecule has 6 nitrogen and oxygen atoms in total. The van der Waals surface area contributed by atoms with E-state index in [9.17, 15) is 9.59 Å². The van der Waals surface area contributed by atoms with Crippen LogP contribution in [0.15, 0.2) is 36.5 Å². The smallest absolute Gasteiger partial charge is 0.247 e. The maximum atomic E-state index is 12.6. The molecule has 3 heterocycles. The third-order valence-electron chi connectivity index (χ3n) is 5.39. The van der Waals surface area contributed by atoms with E-state index in [0.29, 0.717) is 13.1 Å². The van der Waals surface area contributed by atoms with Crippen molar-refractivity contribution in [1.82, 2.24) is 19.7 Å². The van der Waals surface area contributed by atoms with Crippen molar-refractivity contribution in [3.63, 3.8) is 0 Å². The Hall–Kier alpha value is -2.47.